The first-order chi connectivity index (χ1) is 10.7. The summed E-state index contributed by atoms with van der Waals surface area (Å²) in [5, 5.41) is 7.38. The third-order valence-corrected chi connectivity index (χ3v) is 4.63. The summed E-state index contributed by atoms with van der Waals surface area (Å²) in [6.07, 6.45) is 1.88. The molecule has 0 radical (unpaired) electrons. The molecule has 0 bridgehead atoms. The Morgan fingerprint density at radius 2 is 2.18 bits per heavy atom. The number of nitrogens with zero attached hydrogens (tertiary/aromatic N) is 3. The summed E-state index contributed by atoms with van der Waals surface area (Å²) in [6, 6.07) is 6.17. The minimum absolute atomic E-state index is 0.439. The van der Waals surface area contributed by atoms with Crippen LogP contribution in [-0.4, -0.2) is 46.9 Å². The number of aryl methyl sites for hydroxylation is 2. The summed E-state index contributed by atoms with van der Waals surface area (Å²) in [5.41, 5.74) is 4.76. The maximum Gasteiger partial charge on any atom is 0.0639 e. The van der Waals surface area contributed by atoms with E-state index in [9.17, 15) is 0 Å². The molecular formula is C17H24N4O. The van der Waals surface area contributed by atoms with E-state index in [0.717, 1.165) is 31.9 Å². The number of H-pyrrole nitrogens is 1. The van der Waals surface area contributed by atoms with Crippen molar-refractivity contribution < 1.29 is 4.74 Å². The van der Waals surface area contributed by atoms with Crippen molar-refractivity contribution in [2.75, 3.05) is 26.8 Å². The normalized spacial score (nSPS) is 22.3. The average molecular weight is 300 g/mol. The van der Waals surface area contributed by atoms with Gasteiger partial charge in [-0.25, -0.2) is 0 Å². The van der Waals surface area contributed by atoms with Crippen LogP contribution < -0.4 is 0 Å². The van der Waals surface area contributed by atoms with Crippen LogP contribution in [-0.2, 0) is 11.3 Å². The predicted molar refractivity (Wildman–Crippen MR) is 85.7 cm³/mol. The van der Waals surface area contributed by atoms with E-state index < -0.39 is 0 Å². The first kappa shape index (κ1) is 15.2. The Kier molecular flexibility index (Phi) is 4.55. The molecule has 0 amide bonds. The number of aromatic amines is 1. The summed E-state index contributed by atoms with van der Waals surface area (Å²) < 4.78 is 5.44. The van der Waals surface area contributed by atoms with Gasteiger partial charge in [-0.1, -0.05) is 6.07 Å². The van der Waals surface area contributed by atoms with Gasteiger partial charge < -0.3 is 4.74 Å². The molecule has 5 heteroatoms. The molecule has 0 aromatic carbocycles. The van der Waals surface area contributed by atoms with Crippen LogP contribution in [0, 0.1) is 19.8 Å². The highest BCUT2D eigenvalue weighted by Gasteiger charge is 2.34. The van der Waals surface area contributed by atoms with E-state index in [4.69, 9.17) is 4.74 Å². The molecule has 1 fully saturated rings. The highest BCUT2D eigenvalue weighted by molar-refractivity contribution is 5.23. The smallest absolute Gasteiger partial charge is 0.0639 e. The van der Waals surface area contributed by atoms with E-state index >= 15 is 0 Å². The SMILES string of the molecule is COC[C@@H]1CN(Cc2c(C)n[nH]c2C)C[C@H]1c1ccccn1. The van der Waals surface area contributed by atoms with Gasteiger partial charge in [0.05, 0.1) is 12.3 Å². The molecule has 3 heterocycles. The third-order valence-electron chi connectivity index (χ3n) is 4.63. The molecule has 1 saturated heterocycles. The molecule has 22 heavy (non-hydrogen) atoms. The highest BCUT2D eigenvalue weighted by atomic mass is 16.5. The second kappa shape index (κ2) is 6.58. The molecule has 3 rings (SSSR count). The van der Waals surface area contributed by atoms with Crippen molar-refractivity contribution in [2.45, 2.75) is 26.3 Å². The number of nitrogens with one attached hydrogen (secondary N) is 1. The molecule has 2 aromatic heterocycles. The van der Waals surface area contributed by atoms with Crippen LogP contribution in [0.5, 0.6) is 0 Å². The van der Waals surface area contributed by atoms with E-state index in [1.165, 1.54) is 17.0 Å². The number of methoxy groups -OCH3 is 1. The minimum Gasteiger partial charge on any atom is -0.384 e. The Labute approximate surface area is 131 Å². The van der Waals surface area contributed by atoms with E-state index in [0.29, 0.717) is 11.8 Å². The van der Waals surface area contributed by atoms with Gasteiger partial charge in [0.25, 0.3) is 0 Å². The Bertz CT molecular complexity index is 591. The summed E-state index contributed by atoms with van der Waals surface area (Å²) in [4.78, 5) is 7.05. The molecule has 118 valence electrons. The van der Waals surface area contributed by atoms with E-state index in [-0.39, 0.29) is 0 Å². The fourth-order valence-corrected chi connectivity index (χ4v) is 3.43. The molecule has 0 saturated carbocycles. The summed E-state index contributed by atoms with van der Waals surface area (Å²) in [7, 11) is 1.78. The summed E-state index contributed by atoms with van der Waals surface area (Å²) in [6.45, 7) is 7.94. The lowest BCUT2D eigenvalue weighted by Gasteiger charge is -2.16. The Hall–Kier alpha value is -1.72. The number of rotatable bonds is 5. The van der Waals surface area contributed by atoms with Gasteiger partial charge in [-0.05, 0) is 26.0 Å². The zero-order valence-electron chi connectivity index (χ0n) is 13.5. The lowest BCUT2D eigenvalue weighted by Crippen LogP contribution is -2.21. The molecular weight excluding hydrogens is 276 g/mol. The third kappa shape index (κ3) is 3.05. The van der Waals surface area contributed by atoms with Crippen molar-refractivity contribution >= 4 is 0 Å². The quantitative estimate of drug-likeness (QED) is 0.920. The summed E-state index contributed by atoms with van der Waals surface area (Å²) >= 11 is 0. The van der Waals surface area contributed by atoms with Crippen molar-refractivity contribution in [1.29, 1.82) is 0 Å². The van der Waals surface area contributed by atoms with Crippen LogP contribution in [0.15, 0.2) is 24.4 Å². The topological polar surface area (TPSA) is 54.0 Å². The molecule has 0 unspecified atom stereocenters. The number of ether oxygens (including phenoxy) is 1. The summed E-state index contributed by atoms with van der Waals surface area (Å²) in [5.74, 6) is 0.932. The van der Waals surface area contributed by atoms with Crippen LogP contribution in [0.1, 0.15) is 28.6 Å². The lowest BCUT2D eigenvalue weighted by molar-refractivity contribution is 0.147. The molecule has 0 aliphatic carbocycles. The molecule has 1 aliphatic heterocycles. The molecule has 1 N–H and O–H groups in total. The van der Waals surface area contributed by atoms with Gasteiger partial charge >= 0.3 is 0 Å². The standard InChI is InChI=1S/C17H24N4O/c1-12-15(13(2)20-19-12)9-21-8-14(11-22-3)16(10-21)17-6-4-5-7-18-17/h4-7,14,16H,8-11H2,1-3H3,(H,19,20)/t14-,16+/m0/s1. The van der Waals surface area contributed by atoms with Gasteiger partial charge in [0.15, 0.2) is 0 Å². The number of pyridine rings is 1. The highest BCUT2D eigenvalue weighted by Crippen LogP contribution is 2.33. The number of likely N-dealkylation sites (tertiary alicyclic amines) is 1. The molecule has 1 aliphatic rings. The molecule has 5 nitrogen and oxygen atoms in total. The zero-order chi connectivity index (χ0) is 15.5. The maximum atomic E-state index is 5.44. The van der Waals surface area contributed by atoms with Gasteiger partial charge in [0, 0.05) is 61.7 Å². The van der Waals surface area contributed by atoms with Crippen LogP contribution in [0.2, 0.25) is 0 Å². The molecule has 2 aromatic rings. The molecule has 2 atom stereocenters. The van der Waals surface area contributed by atoms with E-state index in [1.54, 1.807) is 7.11 Å². The van der Waals surface area contributed by atoms with Crippen LogP contribution in [0.3, 0.4) is 0 Å². The van der Waals surface area contributed by atoms with Crippen LogP contribution in [0.25, 0.3) is 0 Å². The van der Waals surface area contributed by atoms with Crippen LogP contribution in [0.4, 0.5) is 0 Å². The first-order valence-electron chi connectivity index (χ1n) is 7.81. The van der Waals surface area contributed by atoms with Gasteiger partial charge in [-0.3, -0.25) is 15.0 Å². The van der Waals surface area contributed by atoms with Gasteiger partial charge in [0.2, 0.25) is 0 Å². The maximum absolute atomic E-state index is 5.44. The number of hydrogen-bond donors (Lipinski definition) is 1. The fraction of sp³-hybridized carbons (Fsp3) is 0.529. The Morgan fingerprint density at radius 1 is 1.32 bits per heavy atom. The first-order valence-corrected chi connectivity index (χ1v) is 7.81. The van der Waals surface area contributed by atoms with Crippen molar-refractivity contribution in [3.63, 3.8) is 0 Å². The largest absolute Gasteiger partial charge is 0.384 e. The van der Waals surface area contributed by atoms with Crippen LogP contribution >= 0.6 is 0 Å². The second-order valence-electron chi connectivity index (χ2n) is 6.18. The molecule has 0 spiro atoms. The van der Waals surface area contributed by atoms with Crippen molar-refractivity contribution in [3.8, 4) is 0 Å². The lowest BCUT2D eigenvalue weighted by atomic mass is 9.93. The zero-order valence-corrected chi connectivity index (χ0v) is 13.5. The van der Waals surface area contributed by atoms with Gasteiger partial charge in [-0.15, -0.1) is 0 Å². The predicted octanol–water partition coefficient (Wildman–Crippen LogP) is 2.28. The average Bonchev–Trinajstić information content (AvgIpc) is 3.07. The van der Waals surface area contributed by atoms with Crippen molar-refractivity contribution in [1.82, 2.24) is 20.1 Å². The van der Waals surface area contributed by atoms with E-state index in [1.807, 2.05) is 12.3 Å². The van der Waals surface area contributed by atoms with Crippen molar-refractivity contribution in [2.24, 2.45) is 5.92 Å². The minimum atomic E-state index is 0.439. The van der Waals surface area contributed by atoms with Crippen molar-refractivity contribution in [3.05, 3.63) is 47.0 Å². The van der Waals surface area contributed by atoms with E-state index in [2.05, 4.69) is 46.1 Å². The number of aromatic nitrogens is 3. The number of hydrogen-bond acceptors (Lipinski definition) is 4. The second-order valence-corrected chi connectivity index (χ2v) is 6.18. The Morgan fingerprint density at radius 3 is 2.82 bits per heavy atom. The fourth-order valence-electron chi connectivity index (χ4n) is 3.43. The monoisotopic (exact) mass is 300 g/mol. The van der Waals surface area contributed by atoms with Gasteiger partial charge in [0.1, 0.15) is 0 Å². The Balaban J connectivity index is 1.76. The van der Waals surface area contributed by atoms with Gasteiger partial charge in [-0.2, -0.15) is 5.10 Å².